The van der Waals surface area contributed by atoms with Gasteiger partial charge in [0.05, 0.1) is 23.9 Å². The van der Waals surface area contributed by atoms with Crippen molar-refractivity contribution in [2.24, 2.45) is 22.5 Å². The van der Waals surface area contributed by atoms with E-state index in [9.17, 15) is 4.79 Å². The first-order valence-corrected chi connectivity index (χ1v) is 8.79. The molecule has 0 fully saturated rings. The van der Waals surface area contributed by atoms with Gasteiger partial charge in [-0.15, -0.1) is 0 Å². The molecule has 0 saturated heterocycles. The minimum atomic E-state index is -0.504. The van der Waals surface area contributed by atoms with E-state index in [2.05, 4.69) is 26.5 Å². The van der Waals surface area contributed by atoms with Gasteiger partial charge in [0.15, 0.2) is 0 Å². The van der Waals surface area contributed by atoms with Gasteiger partial charge in [0.25, 0.3) is 0 Å². The Bertz CT molecular complexity index is 788. The summed E-state index contributed by atoms with van der Waals surface area (Å²) in [6.45, 7) is 2.23. The first kappa shape index (κ1) is 18.6. The van der Waals surface area contributed by atoms with Gasteiger partial charge in [0.2, 0.25) is 5.91 Å². The van der Waals surface area contributed by atoms with E-state index in [0.29, 0.717) is 0 Å². The number of rotatable bonds is 6. The topological polar surface area (TPSA) is 139 Å². The minimum absolute atomic E-state index is 0.226. The molecule has 0 bridgehead atoms. The molecule has 3 rings (SSSR count). The molecule has 2 unspecified atom stereocenters. The molecule has 27 heavy (non-hydrogen) atoms. The largest absolute Gasteiger partial charge is 0.369 e. The van der Waals surface area contributed by atoms with Gasteiger partial charge in [-0.05, 0) is 43.5 Å². The maximum absolute atomic E-state index is 11.8. The Hall–Kier alpha value is -3.20. The van der Waals surface area contributed by atoms with Crippen molar-refractivity contribution in [2.75, 3.05) is 11.9 Å². The van der Waals surface area contributed by atoms with Gasteiger partial charge in [0, 0.05) is 5.69 Å². The number of benzene rings is 1. The van der Waals surface area contributed by atoms with Gasteiger partial charge in [-0.25, -0.2) is 10.5 Å². The summed E-state index contributed by atoms with van der Waals surface area (Å²) in [6.07, 6.45) is 5.12. The van der Waals surface area contributed by atoms with E-state index in [1.807, 2.05) is 43.3 Å². The zero-order chi connectivity index (χ0) is 19.2. The third kappa shape index (κ3) is 4.70. The molecule has 1 aromatic carbocycles. The summed E-state index contributed by atoms with van der Waals surface area (Å²) in [6, 6.07) is 8.13. The summed E-state index contributed by atoms with van der Waals surface area (Å²) in [5.41, 5.74) is 14.6. The number of aliphatic imine (C=N–C) groups is 1. The Morgan fingerprint density at radius 2 is 2.26 bits per heavy atom. The molecule has 1 aliphatic heterocycles. The predicted molar refractivity (Wildman–Crippen MR) is 104 cm³/mol. The molecule has 0 saturated carbocycles. The fourth-order valence-electron chi connectivity index (χ4n) is 2.95. The van der Waals surface area contributed by atoms with Crippen LogP contribution in [0.1, 0.15) is 18.4 Å². The molecule has 0 radical (unpaired) electrons. The maximum atomic E-state index is 11.8. The van der Waals surface area contributed by atoms with Crippen LogP contribution in [0, 0.1) is 12.8 Å². The van der Waals surface area contributed by atoms with Gasteiger partial charge in [-0.3, -0.25) is 10.6 Å². The van der Waals surface area contributed by atoms with Crippen LogP contribution in [0.25, 0.3) is 0 Å². The molecule has 144 valence electrons. The summed E-state index contributed by atoms with van der Waals surface area (Å²) >= 11 is 0. The summed E-state index contributed by atoms with van der Waals surface area (Å²) in [4.78, 5) is 21.6. The Labute approximate surface area is 157 Å². The molecule has 1 aliphatic carbocycles. The van der Waals surface area contributed by atoms with E-state index in [1.165, 1.54) is 0 Å². The number of nitrogens with two attached hydrogens (primary N) is 2. The number of hydrogen-bond donors (Lipinski definition) is 6. The van der Waals surface area contributed by atoms with Gasteiger partial charge in [-0.1, -0.05) is 18.2 Å². The lowest BCUT2D eigenvalue weighted by Crippen LogP contribution is -2.55. The van der Waals surface area contributed by atoms with E-state index >= 15 is 0 Å². The lowest BCUT2D eigenvalue weighted by molar-refractivity contribution is -0.122. The first-order valence-electron chi connectivity index (χ1n) is 8.79. The SMILES string of the molecule is Cc1cccc(NC2NC(ONC3=C(NN)C=CCC3)=NCC2C(N)=O)c1. The van der Waals surface area contributed by atoms with Crippen LogP contribution in [0.4, 0.5) is 5.69 Å². The van der Waals surface area contributed by atoms with Crippen molar-refractivity contribution >= 4 is 17.6 Å². The fraction of sp³-hybridized carbons (Fsp3) is 0.333. The number of primary amides is 1. The summed E-state index contributed by atoms with van der Waals surface area (Å²) in [5.74, 6) is 4.58. The second-order valence-corrected chi connectivity index (χ2v) is 6.47. The van der Waals surface area contributed by atoms with Crippen molar-refractivity contribution in [1.29, 1.82) is 0 Å². The zero-order valence-corrected chi connectivity index (χ0v) is 15.2. The average molecular weight is 371 g/mol. The molecule has 1 heterocycles. The number of anilines is 1. The normalized spacial score (nSPS) is 21.8. The number of allylic oxidation sites excluding steroid dienone is 3. The highest BCUT2D eigenvalue weighted by molar-refractivity contribution is 5.82. The van der Waals surface area contributed by atoms with Gasteiger partial charge in [0.1, 0.15) is 6.17 Å². The number of hydrazine groups is 1. The van der Waals surface area contributed by atoms with E-state index in [0.717, 1.165) is 35.5 Å². The molecular formula is C18H25N7O2. The van der Waals surface area contributed by atoms with Crippen LogP contribution >= 0.6 is 0 Å². The molecule has 9 nitrogen and oxygen atoms in total. The number of carbonyl (C=O) groups is 1. The molecule has 9 heteroatoms. The maximum Gasteiger partial charge on any atom is 0.313 e. The third-order valence-electron chi connectivity index (χ3n) is 4.42. The van der Waals surface area contributed by atoms with Crippen LogP contribution in [0.15, 0.2) is 52.8 Å². The second-order valence-electron chi connectivity index (χ2n) is 6.47. The Balaban J connectivity index is 1.68. The average Bonchev–Trinajstić information content (AvgIpc) is 2.66. The van der Waals surface area contributed by atoms with E-state index in [1.54, 1.807) is 0 Å². The number of hydrogen-bond acceptors (Lipinski definition) is 8. The molecular weight excluding hydrogens is 346 g/mol. The van der Waals surface area contributed by atoms with Gasteiger partial charge >= 0.3 is 6.02 Å². The molecule has 0 aromatic heterocycles. The first-order chi connectivity index (χ1) is 13.1. The molecule has 1 aromatic rings. The zero-order valence-electron chi connectivity index (χ0n) is 15.2. The van der Waals surface area contributed by atoms with Crippen LogP contribution in [0.3, 0.4) is 0 Å². The number of hydroxylamine groups is 1. The van der Waals surface area contributed by atoms with Gasteiger partial charge < -0.3 is 26.6 Å². The molecule has 1 amide bonds. The smallest absolute Gasteiger partial charge is 0.313 e. The quantitative estimate of drug-likeness (QED) is 0.313. The van der Waals surface area contributed by atoms with Crippen LogP contribution in [-0.2, 0) is 9.63 Å². The number of nitrogens with one attached hydrogen (secondary N) is 4. The van der Waals surface area contributed by atoms with E-state index in [-0.39, 0.29) is 12.6 Å². The highest BCUT2D eigenvalue weighted by Gasteiger charge is 2.32. The Kier molecular flexibility index (Phi) is 5.82. The number of amides is 1. The standard InChI is InChI=1S/C18H25N7O2/c1-11-5-4-6-12(9-11)22-17-13(16(19)26)10-21-18(23-17)27-25-15-8-3-2-7-14(15)24-20/h2,4-7,9,13,17,22,24-25H,3,8,10,20H2,1H3,(H2,19,26)(H,21,23). The Morgan fingerprint density at radius 3 is 3.00 bits per heavy atom. The summed E-state index contributed by atoms with van der Waals surface area (Å²) in [7, 11) is 0. The molecule has 0 spiro atoms. The van der Waals surface area contributed by atoms with Crippen molar-refractivity contribution in [3.8, 4) is 0 Å². The van der Waals surface area contributed by atoms with Crippen molar-refractivity contribution in [3.05, 3.63) is 53.4 Å². The van der Waals surface area contributed by atoms with Gasteiger partial charge in [-0.2, -0.15) is 0 Å². The van der Waals surface area contributed by atoms with Crippen molar-refractivity contribution in [1.82, 2.24) is 16.2 Å². The van der Waals surface area contributed by atoms with Crippen LogP contribution in [-0.4, -0.2) is 24.6 Å². The fourth-order valence-corrected chi connectivity index (χ4v) is 2.95. The number of carbonyl (C=O) groups excluding carboxylic acids is 1. The highest BCUT2D eigenvalue weighted by Crippen LogP contribution is 2.17. The number of amidine groups is 1. The third-order valence-corrected chi connectivity index (χ3v) is 4.42. The lowest BCUT2D eigenvalue weighted by atomic mass is 10.0. The second kappa shape index (κ2) is 8.45. The van der Waals surface area contributed by atoms with Crippen LogP contribution < -0.4 is 33.1 Å². The van der Waals surface area contributed by atoms with Crippen molar-refractivity contribution in [3.63, 3.8) is 0 Å². The van der Waals surface area contributed by atoms with Crippen molar-refractivity contribution in [2.45, 2.75) is 25.9 Å². The molecule has 2 atom stereocenters. The number of aryl methyl sites for hydroxylation is 1. The summed E-state index contributed by atoms with van der Waals surface area (Å²) < 4.78 is 0. The monoisotopic (exact) mass is 371 g/mol. The van der Waals surface area contributed by atoms with Crippen LogP contribution in [0.5, 0.6) is 0 Å². The number of nitrogens with zero attached hydrogens (tertiary/aromatic N) is 1. The van der Waals surface area contributed by atoms with Crippen molar-refractivity contribution < 1.29 is 9.63 Å². The summed E-state index contributed by atoms with van der Waals surface area (Å²) in [5, 5.41) is 6.37. The van der Waals surface area contributed by atoms with E-state index < -0.39 is 18.0 Å². The minimum Gasteiger partial charge on any atom is -0.369 e. The predicted octanol–water partition coefficient (Wildman–Crippen LogP) is 0.340. The highest BCUT2D eigenvalue weighted by atomic mass is 16.7. The molecule has 2 aliphatic rings. The molecule has 8 N–H and O–H groups in total. The van der Waals surface area contributed by atoms with E-state index in [4.69, 9.17) is 16.4 Å². The Morgan fingerprint density at radius 1 is 1.41 bits per heavy atom. The van der Waals surface area contributed by atoms with Crippen LogP contribution in [0.2, 0.25) is 0 Å². The lowest BCUT2D eigenvalue weighted by Gasteiger charge is -2.31.